The number of benzene rings is 1. The number of methoxy groups -OCH3 is 1. The minimum Gasteiger partial charge on any atom is -0.491 e. The molecule has 2 unspecified atom stereocenters. The van der Waals surface area contributed by atoms with E-state index < -0.39 is 11.9 Å². The molecule has 1 aromatic carbocycles. The highest BCUT2D eigenvalue weighted by Crippen LogP contribution is 2.29. The lowest BCUT2D eigenvalue weighted by Gasteiger charge is -2.25. The molecule has 2 atom stereocenters. The first-order valence-corrected chi connectivity index (χ1v) is 8.31. The first-order chi connectivity index (χ1) is 11.6. The van der Waals surface area contributed by atoms with Crippen molar-refractivity contribution in [2.75, 3.05) is 20.3 Å². The molecule has 6 nitrogen and oxygen atoms in total. The topological polar surface area (TPSA) is 84.9 Å². The van der Waals surface area contributed by atoms with Gasteiger partial charge in [-0.05, 0) is 37.0 Å². The predicted molar refractivity (Wildman–Crippen MR) is 88.7 cm³/mol. The van der Waals surface area contributed by atoms with Crippen molar-refractivity contribution in [2.24, 2.45) is 11.8 Å². The summed E-state index contributed by atoms with van der Waals surface area (Å²) in [5.41, 5.74) is 0.980. The standard InChI is InChI=1S/C18H25NO5/c1-23-9-10-24-16-7-5-13(6-8-16)12-19-17(20)14-3-2-4-15(11-14)18(21)22/h5-8,14-15H,2-4,9-12H2,1H3,(H,19,20)(H,21,22). The molecule has 0 radical (unpaired) electrons. The van der Waals surface area contributed by atoms with Gasteiger partial charge in [0.15, 0.2) is 0 Å². The van der Waals surface area contributed by atoms with Crippen LogP contribution in [-0.4, -0.2) is 37.3 Å². The molecule has 1 fully saturated rings. The Morgan fingerprint density at radius 3 is 2.54 bits per heavy atom. The van der Waals surface area contributed by atoms with E-state index in [2.05, 4.69) is 5.32 Å². The second-order valence-corrected chi connectivity index (χ2v) is 6.10. The third kappa shape index (κ3) is 5.53. The predicted octanol–water partition coefficient (Wildman–Crippen LogP) is 2.22. The Balaban J connectivity index is 1.78. The van der Waals surface area contributed by atoms with E-state index in [1.165, 1.54) is 0 Å². The van der Waals surface area contributed by atoms with Crippen LogP contribution in [-0.2, 0) is 20.9 Å². The number of hydrogen-bond donors (Lipinski definition) is 2. The number of carbonyl (C=O) groups is 2. The lowest BCUT2D eigenvalue weighted by molar-refractivity contribution is -0.144. The van der Waals surface area contributed by atoms with Gasteiger partial charge in [-0.2, -0.15) is 0 Å². The summed E-state index contributed by atoms with van der Waals surface area (Å²) in [5, 5.41) is 12.0. The molecular weight excluding hydrogens is 310 g/mol. The van der Waals surface area contributed by atoms with Crippen LogP contribution < -0.4 is 10.1 Å². The van der Waals surface area contributed by atoms with Gasteiger partial charge < -0.3 is 19.9 Å². The van der Waals surface area contributed by atoms with Crippen LogP contribution in [0.1, 0.15) is 31.2 Å². The molecule has 0 aliphatic heterocycles. The van der Waals surface area contributed by atoms with Gasteiger partial charge in [0, 0.05) is 19.6 Å². The zero-order valence-corrected chi connectivity index (χ0v) is 14.0. The fourth-order valence-corrected chi connectivity index (χ4v) is 2.93. The van der Waals surface area contributed by atoms with E-state index in [1.807, 2.05) is 24.3 Å². The normalized spacial score (nSPS) is 20.4. The van der Waals surface area contributed by atoms with Crippen molar-refractivity contribution in [1.82, 2.24) is 5.32 Å². The van der Waals surface area contributed by atoms with Crippen molar-refractivity contribution in [3.8, 4) is 5.75 Å². The van der Waals surface area contributed by atoms with E-state index >= 15 is 0 Å². The molecule has 0 saturated heterocycles. The monoisotopic (exact) mass is 335 g/mol. The summed E-state index contributed by atoms with van der Waals surface area (Å²) in [6.45, 7) is 1.47. The van der Waals surface area contributed by atoms with Crippen molar-refractivity contribution < 1.29 is 24.2 Å². The Bertz CT molecular complexity index is 543. The van der Waals surface area contributed by atoms with Crippen LogP contribution in [0.4, 0.5) is 0 Å². The molecule has 1 aromatic rings. The maximum Gasteiger partial charge on any atom is 0.306 e. The van der Waals surface area contributed by atoms with Gasteiger partial charge in [0.2, 0.25) is 5.91 Å². The van der Waals surface area contributed by atoms with Gasteiger partial charge in [0.1, 0.15) is 12.4 Å². The van der Waals surface area contributed by atoms with Crippen molar-refractivity contribution in [1.29, 1.82) is 0 Å². The molecule has 1 amide bonds. The molecule has 2 rings (SSSR count). The third-order valence-electron chi connectivity index (χ3n) is 4.34. The fraction of sp³-hybridized carbons (Fsp3) is 0.556. The Morgan fingerprint density at radius 1 is 1.17 bits per heavy atom. The van der Waals surface area contributed by atoms with E-state index in [-0.39, 0.29) is 11.8 Å². The van der Waals surface area contributed by atoms with Crippen molar-refractivity contribution in [3.63, 3.8) is 0 Å². The Kier molecular flexibility index (Phi) is 7.06. The summed E-state index contributed by atoms with van der Waals surface area (Å²) in [6, 6.07) is 7.53. The van der Waals surface area contributed by atoms with Gasteiger partial charge in [-0.25, -0.2) is 0 Å². The van der Waals surface area contributed by atoms with Crippen molar-refractivity contribution in [2.45, 2.75) is 32.2 Å². The van der Waals surface area contributed by atoms with Crippen LogP contribution in [0.2, 0.25) is 0 Å². The summed E-state index contributed by atoms with van der Waals surface area (Å²) in [7, 11) is 1.63. The minimum atomic E-state index is -0.795. The van der Waals surface area contributed by atoms with E-state index in [0.717, 1.165) is 24.2 Å². The van der Waals surface area contributed by atoms with E-state index in [0.29, 0.717) is 32.6 Å². The molecule has 2 N–H and O–H groups in total. The number of carboxylic acids is 1. The Morgan fingerprint density at radius 2 is 1.88 bits per heavy atom. The molecule has 1 saturated carbocycles. The van der Waals surface area contributed by atoms with Crippen LogP contribution in [0.25, 0.3) is 0 Å². The molecular formula is C18H25NO5. The van der Waals surface area contributed by atoms with Crippen LogP contribution >= 0.6 is 0 Å². The number of rotatable bonds is 8. The summed E-state index contributed by atoms with van der Waals surface area (Å²) < 4.78 is 10.4. The summed E-state index contributed by atoms with van der Waals surface area (Å²) >= 11 is 0. The molecule has 132 valence electrons. The summed E-state index contributed by atoms with van der Waals surface area (Å²) in [5.74, 6) is -0.675. The van der Waals surface area contributed by atoms with Gasteiger partial charge in [0.25, 0.3) is 0 Å². The second kappa shape index (κ2) is 9.27. The highest BCUT2D eigenvalue weighted by atomic mass is 16.5. The molecule has 0 heterocycles. The number of hydrogen-bond acceptors (Lipinski definition) is 4. The average molecular weight is 335 g/mol. The molecule has 24 heavy (non-hydrogen) atoms. The molecule has 0 aromatic heterocycles. The molecule has 6 heteroatoms. The Labute approximate surface area is 142 Å². The SMILES string of the molecule is COCCOc1ccc(CNC(=O)C2CCCC(C(=O)O)C2)cc1. The maximum atomic E-state index is 12.2. The average Bonchev–Trinajstić information content (AvgIpc) is 2.61. The van der Waals surface area contributed by atoms with E-state index in [1.54, 1.807) is 7.11 Å². The number of ether oxygens (including phenoxy) is 2. The van der Waals surface area contributed by atoms with Gasteiger partial charge in [-0.3, -0.25) is 9.59 Å². The van der Waals surface area contributed by atoms with Gasteiger partial charge in [-0.1, -0.05) is 18.6 Å². The lowest BCUT2D eigenvalue weighted by atomic mass is 9.81. The number of carboxylic acid groups (broad SMARTS) is 1. The highest BCUT2D eigenvalue weighted by molar-refractivity contribution is 5.80. The smallest absolute Gasteiger partial charge is 0.306 e. The maximum absolute atomic E-state index is 12.2. The fourth-order valence-electron chi connectivity index (χ4n) is 2.93. The molecule has 1 aliphatic rings. The van der Waals surface area contributed by atoms with Crippen LogP contribution in [0, 0.1) is 11.8 Å². The van der Waals surface area contributed by atoms with Crippen molar-refractivity contribution >= 4 is 11.9 Å². The van der Waals surface area contributed by atoms with Gasteiger partial charge >= 0.3 is 5.97 Å². The summed E-state index contributed by atoms with van der Waals surface area (Å²) in [6.07, 6.45) is 2.67. The number of carbonyl (C=O) groups excluding carboxylic acids is 1. The Hall–Kier alpha value is -2.08. The van der Waals surface area contributed by atoms with E-state index in [4.69, 9.17) is 14.6 Å². The van der Waals surface area contributed by atoms with Crippen LogP contribution in [0.15, 0.2) is 24.3 Å². The zero-order valence-electron chi connectivity index (χ0n) is 14.0. The quantitative estimate of drug-likeness (QED) is 0.712. The number of amides is 1. The second-order valence-electron chi connectivity index (χ2n) is 6.10. The highest BCUT2D eigenvalue weighted by Gasteiger charge is 2.30. The minimum absolute atomic E-state index is 0.0543. The van der Waals surface area contributed by atoms with Gasteiger partial charge in [0.05, 0.1) is 12.5 Å². The first kappa shape index (κ1) is 18.3. The summed E-state index contributed by atoms with van der Waals surface area (Å²) in [4.78, 5) is 23.3. The molecule has 1 aliphatic carbocycles. The lowest BCUT2D eigenvalue weighted by Crippen LogP contribution is -2.35. The largest absolute Gasteiger partial charge is 0.491 e. The number of nitrogens with one attached hydrogen (secondary N) is 1. The van der Waals surface area contributed by atoms with Crippen molar-refractivity contribution in [3.05, 3.63) is 29.8 Å². The third-order valence-corrected chi connectivity index (χ3v) is 4.34. The van der Waals surface area contributed by atoms with Gasteiger partial charge in [-0.15, -0.1) is 0 Å². The van der Waals surface area contributed by atoms with Crippen LogP contribution in [0.3, 0.4) is 0 Å². The zero-order chi connectivity index (χ0) is 17.4. The number of aliphatic carboxylic acids is 1. The van der Waals surface area contributed by atoms with E-state index in [9.17, 15) is 9.59 Å². The molecule has 0 bridgehead atoms. The first-order valence-electron chi connectivity index (χ1n) is 8.31. The van der Waals surface area contributed by atoms with Crippen LogP contribution in [0.5, 0.6) is 5.75 Å². The molecule has 0 spiro atoms.